The molecule has 2 aromatic rings. The highest BCUT2D eigenvalue weighted by atomic mass is 79.9. The minimum absolute atomic E-state index is 0.0441. The molecule has 3 amide bonds. The van der Waals surface area contributed by atoms with Crippen LogP contribution in [0.2, 0.25) is 0 Å². The highest BCUT2D eigenvalue weighted by Crippen LogP contribution is 2.22. The fourth-order valence-electron chi connectivity index (χ4n) is 3.20. The molecule has 1 heterocycles. The molecular formula is C23H33BrN4O2. The molecule has 1 aromatic carbocycles. The first-order valence-electron chi connectivity index (χ1n) is 10.4. The zero-order valence-electron chi connectivity index (χ0n) is 18.6. The Hall–Kier alpha value is -2.28. The number of halogens is 1. The number of aryl methyl sites for hydroxylation is 1. The van der Waals surface area contributed by atoms with Gasteiger partial charge in [0.2, 0.25) is 5.91 Å². The minimum atomic E-state index is -0.270. The van der Waals surface area contributed by atoms with Gasteiger partial charge in [-0.15, -0.1) is 0 Å². The van der Waals surface area contributed by atoms with Crippen LogP contribution in [-0.4, -0.2) is 45.4 Å². The van der Waals surface area contributed by atoms with Gasteiger partial charge >= 0.3 is 6.03 Å². The molecule has 0 radical (unpaired) electrons. The van der Waals surface area contributed by atoms with Crippen molar-refractivity contribution in [1.29, 1.82) is 0 Å². The van der Waals surface area contributed by atoms with Gasteiger partial charge in [-0.05, 0) is 59.5 Å². The Balaban J connectivity index is 2.17. The van der Waals surface area contributed by atoms with Crippen LogP contribution in [0.4, 0.5) is 10.5 Å². The lowest BCUT2D eigenvalue weighted by atomic mass is 10.2. The number of anilines is 1. The largest absolute Gasteiger partial charge is 0.353 e. The summed E-state index contributed by atoms with van der Waals surface area (Å²) in [5.74, 6) is 0.285. The Morgan fingerprint density at radius 2 is 1.83 bits per heavy atom. The van der Waals surface area contributed by atoms with E-state index in [0.29, 0.717) is 24.7 Å². The molecule has 6 nitrogen and oxygen atoms in total. The smallest absolute Gasteiger partial charge is 0.322 e. The fourth-order valence-corrected chi connectivity index (χ4v) is 3.58. The number of benzene rings is 1. The number of aromatic nitrogens is 1. The quantitative estimate of drug-likeness (QED) is 0.546. The highest BCUT2D eigenvalue weighted by Gasteiger charge is 2.26. The van der Waals surface area contributed by atoms with Crippen molar-refractivity contribution in [2.45, 2.75) is 46.7 Å². The van der Waals surface area contributed by atoms with Crippen molar-refractivity contribution in [2.24, 2.45) is 13.0 Å². The van der Waals surface area contributed by atoms with Crippen LogP contribution in [0.25, 0.3) is 0 Å². The van der Waals surface area contributed by atoms with Crippen molar-refractivity contribution >= 4 is 33.6 Å². The Labute approximate surface area is 188 Å². The van der Waals surface area contributed by atoms with E-state index < -0.39 is 0 Å². The van der Waals surface area contributed by atoms with Crippen LogP contribution in [0.1, 0.15) is 39.8 Å². The number of amides is 3. The lowest BCUT2D eigenvalue weighted by Crippen LogP contribution is -2.48. The zero-order valence-corrected chi connectivity index (χ0v) is 20.1. The second kappa shape index (κ2) is 11.2. The number of para-hydroxylation sites is 1. The zero-order chi connectivity index (χ0) is 22.3. The first kappa shape index (κ1) is 24.0. The number of carbonyl (C=O) groups excluding carboxylic acids is 2. The molecular weight excluding hydrogens is 444 g/mol. The maximum atomic E-state index is 13.3. The molecule has 0 aliphatic heterocycles. The highest BCUT2D eigenvalue weighted by molar-refractivity contribution is 9.10. The van der Waals surface area contributed by atoms with Crippen molar-refractivity contribution in [3.05, 3.63) is 52.8 Å². The maximum Gasteiger partial charge on any atom is 0.322 e. The molecule has 0 saturated carbocycles. The molecule has 30 heavy (non-hydrogen) atoms. The molecule has 0 spiro atoms. The maximum absolute atomic E-state index is 13.3. The SMILES string of the molecule is CCC(C)N(CC(=O)N(Cc1cccn1C)CC(C)C)C(=O)Nc1ccccc1Br. The van der Waals surface area contributed by atoms with Gasteiger partial charge in [0.1, 0.15) is 6.54 Å². The van der Waals surface area contributed by atoms with E-state index in [-0.39, 0.29) is 24.5 Å². The number of hydrogen-bond donors (Lipinski definition) is 1. The van der Waals surface area contributed by atoms with Crippen LogP contribution < -0.4 is 5.32 Å². The molecule has 1 aromatic heterocycles. The number of rotatable bonds is 9. The van der Waals surface area contributed by atoms with Gasteiger partial charge in [-0.25, -0.2) is 4.79 Å². The third-order valence-electron chi connectivity index (χ3n) is 5.15. The van der Waals surface area contributed by atoms with E-state index in [0.717, 1.165) is 16.6 Å². The van der Waals surface area contributed by atoms with Gasteiger partial charge in [0.25, 0.3) is 0 Å². The van der Waals surface area contributed by atoms with Gasteiger partial charge in [0.15, 0.2) is 0 Å². The number of carbonyl (C=O) groups is 2. The fraction of sp³-hybridized carbons (Fsp3) is 0.478. The van der Waals surface area contributed by atoms with Gasteiger partial charge in [0, 0.05) is 36.0 Å². The summed E-state index contributed by atoms with van der Waals surface area (Å²) >= 11 is 3.46. The average Bonchev–Trinajstić information content (AvgIpc) is 3.10. The summed E-state index contributed by atoms with van der Waals surface area (Å²) in [5, 5.41) is 2.93. The van der Waals surface area contributed by atoms with E-state index in [2.05, 4.69) is 35.1 Å². The predicted octanol–water partition coefficient (Wildman–Crippen LogP) is 5.10. The van der Waals surface area contributed by atoms with Gasteiger partial charge in [0.05, 0.1) is 12.2 Å². The molecule has 1 unspecified atom stereocenters. The van der Waals surface area contributed by atoms with Crippen molar-refractivity contribution in [1.82, 2.24) is 14.4 Å². The molecule has 0 bridgehead atoms. The molecule has 2 rings (SSSR count). The minimum Gasteiger partial charge on any atom is -0.353 e. The van der Waals surface area contributed by atoms with E-state index >= 15 is 0 Å². The van der Waals surface area contributed by atoms with E-state index in [4.69, 9.17) is 0 Å². The lowest BCUT2D eigenvalue weighted by molar-refractivity contribution is -0.133. The van der Waals surface area contributed by atoms with Crippen molar-refractivity contribution in [3.63, 3.8) is 0 Å². The Morgan fingerprint density at radius 3 is 2.40 bits per heavy atom. The molecule has 0 aliphatic carbocycles. The van der Waals surface area contributed by atoms with Gasteiger partial charge < -0.3 is 19.7 Å². The number of hydrogen-bond acceptors (Lipinski definition) is 2. The summed E-state index contributed by atoms with van der Waals surface area (Å²) in [6.45, 7) is 9.39. The summed E-state index contributed by atoms with van der Waals surface area (Å²) in [6.07, 6.45) is 2.74. The summed E-state index contributed by atoms with van der Waals surface area (Å²) in [5.41, 5.74) is 1.75. The Kier molecular flexibility index (Phi) is 8.96. The van der Waals surface area contributed by atoms with Crippen molar-refractivity contribution in [3.8, 4) is 0 Å². The van der Waals surface area contributed by atoms with Crippen molar-refractivity contribution < 1.29 is 9.59 Å². The summed E-state index contributed by atoms with van der Waals surface area (Å²) in [6, 6.07) is 11.1. The normalized spacial score (nSPS) is 12.0. The summed E-state index contributed by atoms with van der Waals surface area (Å²) < 4.78 is 2.83. The summed E-state index contributed by atoms with van der Waals surface area (Å²) in [7, 11) is 1.98. The molecule has 0 fully saturated rings. The monoisotopic (exact) mass is 476 g/mol. The number of urea groups is 1. The third kappa shape index (κ3) is 6.62. The van der Waals surface area contributed by atoms with Crippen LogP contribution >= 0.6 is 15.9 Å². The van der Waals surface area contributed by atoms with E-state index in [1.165, 1.54) is 0 Å². The van der Waals surface area contributed by atoms with Crippen LogP contribution in [0.15, 0.2) is 47.1 Å². The first-order valence-corrected chi connectivity index (χ1v) is 11.2. The number of nitrogens with one attached hydrogen (secondary N) is 1. The van der Waals surface area contributed by atoms with Crippen LogP contribution in [0.5, 0.6) is 0 Å². The second-order valence-corrected chi connectivity index (χ2v) is 8.93. The van der Waals surface area contributed by atoms with Crippen LogP contribution in [0, 0.1) is 5.92 Å². The van der Waals surface area contributed by atoms with E-state index in [9.17, 15) is 9.59 Å². The van der Waals surface area contributed by atoms with Crippen LogP contribution in [0.3, 0.4) is 0 Å². The molecule has 0 aliphatic rings. The second-order valence-electron chi connectivity index (χ2n) is 8.07. The van der Waals surface area contributed by atoms with Gasteiger partial charge in [-0.1, -0.05) is 32.9 Å². The van der Waals surface area contributed by atoms with Gasteiger partial charge in [-0.3, -0.25) is 4.79 Å². The van der Waals surface area contributed by atoms with E-state index in [1.807, 2.05) is 73.0 Å². The average molecular weight is 477 g/mol. The van der Waals surface area contributed by atoms with Crippen molar-refractivity contribution in [2.75, 3.05) is 18.4 Å². The first-order chi connectivity index (χ1) is 14.2. The van der Waals surface area contributed by atoms with Crippen LogP contribution in [-0.2, 0) is 18.4 Å². The molecule has 164 valence electrons. The van der Waals surface area contributed by atoms with E-state index in [1.54, 1.807) is 4.90 Å². The third-order valence-corrected chi connectivity index (χ3v) is 5.84. The Morgan fingerprint density at radius 1 is 1.13 bits per heavy atom. The predicted molar refractivity (Wildman–Crippen MR) is 125 cm³/mol. The standard InChI is InChI=1S/C23H33BrN4O2/c1-6-18(4)28(23(30)25-21-12-8-7-11-20(21)24)16-22(29)27(14-17(2)3)15-19-10-9-13-26(19)5/h7-13,17-18H,6,14-16H2,1-5H3,(H,25,30). The Bertz CT molecular complexity index is 849. The number of nitrogens with zero attached hydrogens (tertiary/aromatic N) is 3. The summed E-state index contributed by atoms with van der Waals surface area (Å²) in [4.78, 5) is 29.8. The molecule has 7 heteroatoms. The molecule has 1 atom stereocenters. The topological polar surface area (TPSA) is 57.6 Å². The van der Waals surface area contributed by atoms with Gasteiger partial charge in [-0.2, -0.15) is 0 Å². The lowest BCUT2D eigenvalue weighted by Gasteiger charge is -2.32. The molecule has 0 saturated heterocycles. The molecule has 1 N–H and O–H groups in total.